The molecule has 1 rings (SSSR count). The van der Waals surface area contributed by atoms with Crippen LogP contribution in [0.2, 0.25) is 0 Å². The molecule has 0 aromatic carbocycles. The Balaban J connectivity index is 1.99. The molecule has 3 nitrogen and oxygen atoms in total. The molecule has 0 radical (unpaired) electrons. The fourth-order valence-electron chi connectivity index (χ4n) is 2.19. The van der Waals surface area contributed by atoms with Gasteiger partial charge in [-0.1, -0.05) is 6.42 Å². The average Bonchev–Trinajstić information content (AvgIpc) is 2.20. The lowest BCUT2D eigenvalue weighted by molar-refractivity contribution is 0.173. The highest BCUT2D eigenvalue weighted by Gasteiger charge is 2.17. The van der Waals surface area contributed by atoms with E-state index < -0.39 is 0 Å². The van der Waals surface area contributed by atoms with Gasteiger partial charge in [0.1, 0.15) is 0 Å². The van der Waals surface area contributed by atoms with Crippen molar-refractivity contribution in [2.75, 3.05) is 26.7 Å². The van der Waals surface area contributed by atoms with Gasteiger partial charge in [0.05, 0.1) is 6.10 Å². The van der Waals surface area contributed by atoms with Gasteiger partial charge in [0.25, 0.3) is 0 Å². The monoisotopic (exact) mass is 214 g/mol. The van der Waals surface area contributed by atoms with E-state index in [2.05, 4.69) is 17.3 Å². The fourth-order valence-corrected chi connectivity index (χ4v) is 2.19. The topological polar surface area (TPSA) is 35.5 Å². The van der Waals surface area contributed by atoms with Crippen molar-refractivity contribution < 1.29 is 5.11 Å². The Morgan fingerprint density at radius 2 is 2.27 bits per heavy atom. The van der Waals surface area contributed by atoms with E-state index >= 15 is 0 Å². The van der Waals surface area contributed by atoms with Gasteiger partial charge in [-0.3, -0.25) is 0 Å². The van der Waals surface area contributed by atoms with E-state index in [0.29, 0.717) is 0 Å². The van der Waals surface area contributed by atoms with E-state index in [1.54, 1.807) is 0 Å². The summed E-state index contributed by atoms with van der Waals surface area (Å²) in [4.78, 5) is 2.46. The molecule has 1 heterocycles. The van der Waals surface area contributed by atoms with Gasteiger partial charge in [0.15, 0.2) is 0 Å². The zero-order chi connectivity index (χ0) is 11.1. The lowest BCUT2D eigenvalue weighted by Gasteiger charge is -2.32. The molecular formula is C12H26N2O. The van der Waals surface area contributed by atoms with Gasteiger partial charge in [-0.15, -0.1) is 0 Å². The molecule has 0 aliphatic carbocycles. The summed E-state index contributed by atoms with van der Waals surface area (Å²) >= 11 is 0. The average molecular weight is 214 g/mol. The van der Waals surface area contributed by atoms with Crippen LogP contribution in [0.3, 0.4) is 0 Å². The van der Waals surface area contributed by atoms with Crippen LogP contribution in [0.4, 0.5) is 0 Å². The molecule has 0 spiro atoms. The van der Waals surface area contributed by atoms with Gasteiger partial charge in [-0.05, 0) is 52.7 Å². The molecule has 1 fully saturated rings. The number of nitrogens with one attached hydrogen (secondary N) is 1. The molecule has 3 heteroatoms. The molecule has 0 aromatic rings. The Morgan fingerprint density at radius 1 is 1.47 bits per heavy atom. The van der Waals surface area contributed by atoms with E-state index in [9.17, 15) is 0 Å². The molecule has 0 bridgehead atoms. The van der Waals surface area contributed by atoms with Crippen molar-refractivity contribution >= 4 is 0 Å². The molecule has 0 saturated carbocycles. The van der Waals surface area contributed by atoms with E-state index in [-0.39, 0.29) is 6.10 Å². The predicted molar refractivity (Wildman–Crippen MR) is 64.1 cm³/mol. The number of likely N-dealkylation sites (tertiary alicyclic amines) is 1. The molecule has 90 valence electrons. The molecule has 0 aromatic heterocycles. The Kier molecular flexibility index (Phi) is 6.22. The SMILES string of the molecule is CC(O)CCCNCC1CCCCN1C. The Labute approximate surface area is 93.9 Å². The summed E-state index contributed by atoms with van der Waals surface area (Å²) in [6, 6.07) is 0.727. The molecule has 1 saturated heterocycles. The molecule has 2 N–H and O–H groups in total. The minimum atomic E-state index is -0.149. The third kappa shape index (κ3) is 5.50. The van der Waals surface area contributed by atoms with E-state index in [4.69, 9.17) is 5.11 Å². The zero-order valence-corrected chi connectivity index (χ0v) is 10.2. The number of aliphatic hydroxyl groups is 1. The normalized spacial score (nSPS) is 25.4. The quantitative estimate of drug-likeness (QED) is 0.653. The summed E-state index contributed by atoms with van der Waals surface area (Å²) in [5.41, 5.74) is 0. The number of rotatable bonds is 6. The number of likely N-dealkylation sites (N-methyl/N-ethyl adjacent to an activating group) is 1. The van der Waals surface area contributed by atoms with Crippen molar-refractivity contribution in [2.45, 2.75) is 51.2 Å². The van der Waals surface area contributed by atoms with E-state index in [1.807, 2.05) is 6.92 Å². The lowest BCUT2D eigenvalue weighted by atomic mass is 10.0. The summed E-state index contributed by atoms with van der Waals surface area (Å²) in [6.45, 7) is 5.25. The maximum absolute atomic E-state index is 9.11. The number of aliphatic hydroxyl groups excluding tert-OH is 1. The highest BCUT2D eigenvalue weighted by Crippen LogP contribution is 2.13. The number of hydrogen-bond donors (Lipinski definition) is 2. The molecule has 1 aliphatic heterocycles. The van der Waals surface area contributed by atoms with Crippen LogP contribution in [0.1, 0.15) is 39.0 Å². The second kappa shape index (κ2) is 7.20. The summed E-state index contributed by atoms with van der Waals surface area (Å²) in [7, 11) is 2.22. The van der Waals surface area contributed by atoms with Crippen LogP contribution in [0.25, 0.3) is 0 Å². The van der Waals surface area contributed by atoms with Gasteiger partial charge in [-0.2, -0.15) is 0 Å². The smallest absolute Gasteiger partial charge is 0.0512 e. The number of piperidine rings is 1. The van der Waals surface area contributed by atoms with Crippen LogP contribution >= 0.6 is 0 Å². The lowest BCUT2D eigenvalue weighted by Crippen LogP contribution is -2.43. The Bertz CT molecular complexity index is 162. The summed E-state index contributed by atoms with van der Waals surface area (Å²) in [5.74, 6) is 0. The Morgan fingerprint density at radius 3 is 2.93 bits per heavy atom. The zero-order valence-electron chi connectivity index (χ0n) is 10.2. The molecule has 1 aliphatic rings. The summed E-state index contributed by atoms with van der Waals surface area (Å²) in [5, 5.41) is 12.6. The minimum absolute atomic E-state index is 0.149. The van der Waals surface area contributed by atoms with Gasteiger partial charge in [-0.25, -0.2) is 0 Å². The largest absolute Gasteiger partial charge is 0.393 e. The Hall–Kier alpha value is -0.120. The van der Waals surface area contributed by atoms with Crippen molar-refractivity contribution in [3.63, 3.8) is 0 Å². The van der Waals surface area contributed by atoms with Gasteiger partial charge >= 0.3 is 0 Å². The number of hydrogen-bond acceptors (Lipinski definition) is 3. The van der Waals surface area contributed by atoms with Crippen LogP contribution in [0.5, 0.6) is 0 Å². The van der Waals surface area contributed by atoms with E-state index in [0.717, 1.165) is 32.0 Å². The minimum Gasteiger partial charge on any atom is -0.393 e. The van der Waals surface area contributed by atoms with Gasteiger partial charge in [0, 0.05) is 12.6 Å². The van der Waals surface area contributed by atoms with Gasteiger partial charge < -0.3 is 15.3 Å². The van der Waals surface area contributed by atoms with Crippen LogP contribution < -0.4 is 5.32 Å². The van der Waals surface area contributed by atoms with Gasteiger partial charge in [0.2, 0.25) is 0 Å². The van der Waals surface area contributed by atoms with Crippen molar-refractivity contribution in [1.82, 2.24) is 10.2 Å². The summed E-state index contributed by atoms with van der Waals surface area (Å²) in [6.07, 6.45) is 5.91. The first kappa shape index (κ1) is 12.9. The van der Waals surface area contributed by atoms with E-state index in [1.165, 1.54) is 25.8 Å². The van der Waals surface area contributed by atoms with Crippen LogP contribution in [-0.2, 0) is 0 Å². The maximum atomic E-state index is 9.11. The van der Waals surface area contributed by atoms with Crippen molar-refractivity contribution in [2.24, 2.45) is 0 Å². The van der Waals surface area contributed by atoms with Crippen molar-refractivity contribution in [3.8, 4) is 0 Å². The predicted octanol–water partition coefficient (Wildman–Crippen LogP) is 1.22. The second-order valence-electron chi connectivity index (χ2n) is 4.83. The molecule has 2 unspecified atom stereocenters. The third-order valence-electron chi connectivity index (χ3n) is 3.28. The third-order valence-corrected chi connectivity index (χ3v) is 3.28. The molecule has 15 heavy (non-hydrogen) atoms. The highest BCUT2D eigenvalue weighted by molar-refractivity contribution is 4.75. The summed E-state index contributed by atoms with van der Waals surface area (Å²) < 4.78 is 0. The first-order chi connectivity index (χ1) is 7.20. The highest BCUT2D eigenvalue weighted by atomic mass is 16.3. The molecular weight excluding hydrogens is 188 g/mol. The standard InChI is InChI=1S/C12H26N2O/c1-11(15)6-5-8-13-10-12-7-3-4-9-14(12)2/h11-13,15H,3-10H2,1-2H3. The van der Waals surface area contributed by atoms with Crippen molar-refractivity contribution in [1.29, 1.82) is 0 Å². The van der Waals surface area contributed by atoms with Crippen LogP contribution in [0, 0.1) is 0 Å². The first-order valence-electron chi connectivity index (χ1n) is 6.29. The number of nitrogens with zero attached hydrogens (tertiary/aromatic N) is 1. The molecule has 0 amide bonds. The first-order valence-corrected chi connectivity index (χ1v) is 6.29. The maximum Gasteiger partial charge on any atom is 0.0512 e. The fraction of sp³-hybridized carbons (Fsp3) is 1.00. The van der Waals surface area contributed by atoms with Crippen LogP contribution in [0.15, 0.2) is 0 Å². The second-order valence-corrected chi connectivity index (χ2v) is 4.83. The van der Waals surface area contributed by atoms with Crippen LogP contribution in [-0.4, -0.2) is 48.8 Å². The molecule has 2 atom stereocenters. The van der Waals surface area contributed by atoms with Crippen molar-refractivity contribution in [3.05, 3.63) is 0 Å².